The smallest absolute Gasteiger partial charge is 0.193 e. The van der Waals surface area contributed by atoms with Crippen LogP contribution in [0.4, 0.5) is 0 Å². The van der Waals surface area contributed by atoms with Gasteiger partial charge < -0.3 is 10.2 Å². The quantitative estimate of drug-likeness (QED) is 0.450. The van der Waals surface area contributed by atoms with E-state index in [4.69, 9.17) is 0 Å². The Balaban J connectivity index is 0.00000242. The SMILES string of the molecule is CN=C(NCCc1ncc(C)s1)N(C)Cc1ccccc1.I. The number of nitrogens with zero attached hydrogens (tertiary/aromatic N) is 3. The number of guanidine groups is 1. The zero-order chi connectivity index (χ0) is 15.1. The summed E-state index contributed by atoms with van der Waals surface area (Å²) in [4.78, 5) is 12.1. The number of aromatic nitrogens is 1. The van der Waals surface area contributed by atoms with E-state index in [0.29, 0.717) is 0 Å². The molecule has 0 saturated heterocycles. The molecular formula is C16H23IN4S. The Bertz CT molecular complexity index is 583. The van der Waals surface area contributed by atoms with Crippen LogP contribution >= 0.6 is 35.3 Å². The van der Waals surface area contributed by atoms with Crippen molar-refractivity contribution >= 4 is 41.3 Å². The highest BCUT2D eigenvalue weighted by Gasteiger charge is 2.06. The van der Waals surface area contributed by atoms with Gasteiger partial charge in [0.15, 0.2) is 5.96 Å². The first kappa shape index (κ1) is 18.9. The average Bonchev–Trinajstić information content (AvgIpc) is 2.90. The predicted molar refractivity (Wildman–Crippen MR) is 105 cm³/mol. The molecule has 0 fully saturated rings. The number of benzene rings is 1. The number of aliphatic imine (C=N–C) groups is 1. The summed E-state index contributed by atoms with van der Waals surface area (Å²) in [6, 6.07) is 10.4. The highest BCUT2D eigenvalue weighted by Crippen LogP contribution is 2.11. The molecule has 1 aromatic carbocycles. The maximum atomic E-state index is 4.38. The summed E-state index contributed by atoms with van der Waals surface area (Å²) in [5.74, 6) is 0.909. The van der Waals surface area contributed by atoms with Gasteiger partial charge in [-0.25, -0.2) is 4.98 Å². The van der Waals surface area contributed by atoms with Crippen molar-refractivity contribution in [2.45, 2.75) is 19.9 Å². The first-order valence-electron chi connectivity index (χ1n) is 7.06. The fourth-order valence-corrected chi connectivity index (χ4v) is 2.90. The summed E-state index contributed by atoms with van der Waals surface area (Å²) < 4.78 is 0. The Morgan fingerprint density at radius 1 is 1.32 bits per heavy atom. The van der Waals surface area contributed by atoms with E-state index in [-0.39, 0.29) is 24.0 Å². The van der Waals surface area contributed by atoms with Crippen molar-refractivity contribution in [3.63, 3.8) is 0 Å². The molecule has 6 heteroatoms. The van der Waals surface area contributed by atoms with Crippen molar-refractivity contribution in [3.8, 4) is 0 Å². The van der Waals surface area contributed by atoms with Crippen LogP contribution < -0.4 is 5.32 Å². The molecule has 0 unspecified atom stereocenters. The highest BCUT2D eigenvalue weighted by atomic mass is 127. The molecular weight excluding hydrogens is 407 g/mol. The Morgan fingerprint density at radius 2 is 2.05 bits per heavy atom. The molecule has 22 heavy (non-hydrogen) atoms. The monoisotopic (exact) mass is 430 g/mol. The number of nitrogens with one attached hydrogen (secondary N) is 1. The fraction of sp³-hybridized carbons (Fsp3) is 0.375. The third kappa shape index (κ3) is 5.92. The molecule has 0 aliphatic rings. The summed E-state index contributed by atoms with van der Waals surface area (Å²) in [6.45, 7) is 3.77. The van der Waals surface area contributed by atoms with Gasteiger partial charge in [-0.3, -0.25) is 4.99 Å². The van der Waals surface area contributed by atoms with E-state index < -0.39 is 0 Å². The van der Waals surface area contributed by atoms with Crippen molar-refractivity contribution in [1.82, 2.24) is 15.2 Å². The Labute approximate surface area is 153 Å². The van der Waals surface area contributed by atoms with Gasteiger partial charge in [0.05, 0.1) is 5.01 Å². The van der Waals surface area contributed by atoms with E-state index in [1.807, 2.05) is 19.3 Å². The maximum absolute atomic E-state index is 4.38. The van der Waals surface area contributed by atoms with Gasteiger partial charge in [0, 0.05) is 44.7 Å². The van der Waals surface area contributed by atoms with E-state index in [0.717, 1.165) is 25.5 Å². The lowest BCUT2D eigenvalue weighted by Gasteiger charge is -2.22. The third-order valence-corrected chi connectivity index (χ3v) is 4.10. The van der Waals surface area contributed by atoms with Gasteiger partial charge in [-0.15, -0.1) is 35.3 Å². The molecule has 0 bridgehead atoms. The minimum atomic E-state index is 0. The summed E-state index contributed by atoms with van der Waals surface area (Å²) in [7, 11) is 3.87. The number of hydrogen-bond donors (Lipinski definition) is 1. The van der Waals surface area contributed by atoms with E-state index in [2.05, 4.69) is 58.4 Å². The molecule has 4 nitrogen and oxygen atoms in total. The molecule has 0 amide bonds. The van der Waals surface area contributed by atoms with Crippen LogP contribution in [-0.2, 0) is 13.0 Å². The van der Waals surface area contributed by atoms with Crippen LogP contribution in [0.2, 0.25) is 0 Å². The van der Waals surface area contributed by atoms with Gasteiger partial charge in [-0.1, -0.05) is 30.3 Å². The molecule has 1 heterocycles. The van der Waals surface area contributed by atoms with Gasteiger partial charge in [0.2, 0.25) is 0 Å². The summed E-state index contributed by atoms with van der Waals surface area (Å²) >= 11 is 1.75. The van der Waals surface area contributed by atoms with E-state index in [1.165, 1.54) is 15.4 Å². The molecule has 1 N–H and O–H groups in total. The van der Waals surface area contributed by atoms with Gasteiger partial charge >= 0.3 is 0 Å². The van der Waals surface area contributed by atoms with Gasteiger partial charge in [-0.2, -0.15) is 0 Å². The topological polar surface area (TPSA) is 40.5 Å². The van der Waals surface area contributed by atoms with Gasteiger partial charge in [-0.05, 0) is 12.5 Å². The van der Waals surface area contributed by atoms with E-state index in [9.17, 15) is 0 Å². The van der Waals surface area contributed by atoms with Crippen molar-refractivity contribution in [2.75, 3.05) is 20.6 Å². The van der Waals surface area contributed by atoms with Crippen LogP contribution in [0, 0.1) is 6.92 Å². The average molecular weight is 430 g/mol. The Morgan fingerprint density at radius 3 is 2.64 bits per heavy atom. The van der Waals surface area contributed by atoms with Crippen molar-refractivity contribution in [1.29, 1.82) is 0 Å². The number of thiazole rings is 1. The van der Waals surface area contributed by atoms with E-state index >= 15 is 0 Å². The van der Waals surface area contributed by atoms with Gasteiger partial charge in [0.25, 0.3) is 0 Å². The lowest BCUT2D eigenvalue weighted by atomic mass is 10.2. The van der Waals surface area contributed by atoms with Crippen LogP contribution in [0.5, 0.6) is 0 Å². The number of halogens is 1. The maximum Gasteiger partial charge on any atom is 0.193 e. The highest BCUT2D eigenvalue weighted by molar-refractivity contribution is 14.0. The number of aryl methyl sites for hydroxylation is 1. The van der Waals surface area contributed by atoms with Crippen LogP contribution in [0.15, 0.2) is 41.5 Å². The molecule has 0 aliphatic heterocycles. The van der Waals surface area contributed by atoms with Crippen LogP contribution in [-0.4, -0.2) is 36.5 Å². The molecule has 1 aromatic heterocycles. The minimum absolute atomic E-state index is 0. The molecule has 0 aliphatic carbocycles. The second-order valence-electron chi connectivity index (χ2n) is 4.93. The number of hydrogen-bond acceptors (Lipinski definition) is 3. The zero-order valence-electron chi connectivity index (χ0n) is 13.2. The number of rotatable bonds is 5. The lowest BCUT2D eigenvalue weighted by molar-refractivity contribution is 0.477. The predicted octanol–water partition coefficient (Wildman–Crippen LogP) is 3.32. The van der Waals surface area contributed by atoms with Crippen molar-refractivity contribution in [2.24, 2.45) is 4.99 Å². The zero-order valence-corrected chi connectivity index (χ0v) is 16.4. The summed E-state index contributed by atoms with van der Waals surface area (Å²) in [6.07, 6.45) is 2.85. The molecule has 2 aromatic rings. The summed E-state index contributed by atoms with van der Waals surface area (Å²) in [5.41, 5.74) is 1.28. The second-order valence-corrected chi connectivity index (χ2v) is 6.25. The Hall–Kier alpha value is -1.15. The van der Waals surface area contributed by atoms with Crippen LogP contribution in [0.3, 0.4) is 0 Å². The molecule has 2 rings (SSSR count). The summed E-state index contributed by atoms with van der Waals surface area (Å²) in [5, 5.41) is 4.56. The Kier molecular flexibility index (Phi) is 8.40. The molecule has 0 saturated carbocycles. The first-order valence-corrected chi connectivity index (χ1v) is 7.87. The molecule has 0 spiro atoms. The van der Waals surface area contributed by atoms with E-state index in [1.54, 1.807) is 11.3 Å². The van der Waals surface area contributed by atoms with Crippen LogP contribution in [0.25, 0.3) is 0 Å². The first-order chi connectivity index (χ1) is 10.2. The van der Waals surface area contributed by atoms with Crippen molar-refractivity contribution in [3.05, 3.63) is 52.0 Å². The molecule has 0 atom stereocenters. The largest absolute Gasteiger partial charge is 0.356 e. The fourth-order valence-electron chi connectivity index (χ4n) is 2.12. The van der Waals surface area contributed by atoms with Crippen LogP contribution in [0.1, 0.15) is 15.4 Å². The third-order valence-electron chi connectivity index (χ3n) is 3.13. The normalized spacial score (nSPS) is 11.0. The van der Waals surface area contributed by atoms with Crippen molar-refractivity contribution < 1.29 is 0 Å². The standard InChI is InChI=1S/C16H22N4S.HI/c1-13-11-19-15(21-13)9-10-18-16(17-2)20(3)12-14-7-5-4-6-8-14;/h4-8,11H,9-10,12H2,1-3H3,(H,17,18);1H. The minimum Gasteiger partial charge on any atom is -0.356 e. The molecule has 120 valence electrons. The molecule has 0 radical (unpaired) electrons. The second kappa shape index (κ2) is 9.78. The van der Waals surface area contributed by atoms with Gasteiger partial charge in [0.1, 0.15) is 0 Å². The lowest BCUT2D eigenvalue weighted by Crippen LogP contribution is -2.39.